The van der Waals surface area contributed by atoms with Crippen molar-refractivity contribution >= 4 is 17.2 Å². The molecule has 5 nitrogen and oxygen atoms in total. The zero-order chi connectivity index (χ0) is 14.1. The highest BCUT2D eigenvalue weighted by molar-refractivity contribution is 7.09. The lowest BCUT2D eigenvalue weighted by Gasteiger charge is -2.31. The normalized spacial score (nSPS) is 19.3. The zero-order valence-corrected chi connectivity index (χ0v) is 12.6. The third kappa shape index (κ3) is 2.47. The van der Waals surface area contributed by atoms with Crippen molar-refractivity contribution in [2.45, 2.75) is 25.7 Å². The minimum atomic E-state index is 0.0943. The van der Waals surface area contributed by atoms with Crippen LogP contribution in [0.2, 0.25) is 0 Å². The first-order valence-corrected chi connectivity index (χ1v) is 7.72. The number of nitrogens with zero attached hydrogens (tertiary/aromatic N) is 4. The number of carbonyl (C=O) groups is 1. The van der Waals surface area contributed by atoms with Crippen LogP contribution < -0.4 is 0 Å². The SMILES string of the molecule is Cc1nn(C)cc1C(=O)N1CCCC(c2nccs2)C1. The summed E-state index contributed by atoms with van der Waals surface area (Å²) in [4.78, 5) is 18.9. The minimum absolute atomic E-state index is 0.0943. The lowest BCUT2D eigenvalue weighted by atomic mass is 9.98. The summed E-state index contributed by atoms with van der Waals surface area (Å²) in [6.45, 7) is 3.48. The fourth-order valence-corrected chi connectivity index (χ4v) is 3.55. The Morgan fingerprint density at radius 2 is 2.35 bits per heavy atom. The van der Waals surface area contributed by atoms with Gasteiger partial charge in [-0.1, -0.05) is 0 Å². The van der Waals surface area contributed by atoms with Gasteiger partial charge < -0.3 is 4.90 Å². The van der Waals surface area contributed by atoms with Crippen LogP contribution in [0.25, 0.3) is 0 Å². The molecule has 2 aromatic heterocycles. The standard InChI is InChI=1S/C14H18N4OS/c1-10-12(9-17(2)16-10)14(19)18-6-3-4-11(8-18)13-15-5-7-20-13/h5,7,9,11H,3-4,6,8H2,1-2H3. The quantitative estimate of drug-likeness (QED) is 0.852. The van der Waals surface area contributed by atoms with E-state index in [1.165, 1.54) is 0 Å². The van der Waals surface area contributed by atoms with Crippen LogP contribution in [-0.2, 0) is 7.05 Å². The van der Waals surface area contributed by atoms with Crippen LogP contribution in [0.1, 0.15) is 39.8 Å². The molecular weight excluding hydrogens is 272 g/mol. The maximum Gasteiger partial charge on any atom is 0.257 e. The van der Waals surface area contributed by atoms with Crippen molar-refractivity contribution in [2.24, 2.45) is 7.05 Å². The largest absolute Gasteiger partial charge is 0.338 e. The molecule has 6 heteroatoms. The molecule has 2 aromatic rings. The molecule has 20 heavy (non-hydrogen) atoms. The van der Waals surface area contributed by atoms with Gasteiger partial charge in [-0.15, -0.1) is 11.3 Å². The number of aromatic nitrogens is 3. The molecule has 0 radical (unpaired) electrons. The van der Waals surface area contributed by atoms with Crippen molar-refractivity contribution in [1.29, 1.82) is 0 Å². The smallest absolute Gasteiger partial charge is 0.257 e. The van der Waals surface area contributed by atoms with E-state index in [0.717, 1.165) is 36.6 Å². The van der Waals surface area contributed by atoms with Gasteiger partial charge >= 0.3 is 0 Å². The monoisotopic (exact) mass is 290 g/mol. The molecule has 0 aromatic carbocycles. The molecule has 1 aliphatic rings. The van der Waals surface area contributed by atoms with E-state index < -0.39 is 0 Å². The molecule has 0 aliphatic carbocycles. The molecule has 1 amide bonds. The number of aryl methyl sites for hydroxylation is 2. The fourth-order valence-electron chi connectivity index (χ4n) is 2.78. The molecule has 1 saturated heterocycles. The Bertz CT molecular complexity index is 605. The van der Waals surface area contributed by atoms with Crippen molar-refractivity contribution < 1.29 is 4.79 Å². The minimum Gasteiger partial charge on any atom is -0.338 e. The van der Waals surface area contributed by atoms with Gasteiger partial charge in [0.15, 0.2) is 0 Å². The van der Waals surface area contributed by atoms with Gasteiger partial charge in [0.25, 0.3) is 5.91 Å². The lowest BCUT2D eigenvalue weighted by Crippen LogP contribution is -2.39. The number of thiazole rings is 1. The number of amides is 1. The van der Waals surface area contributed by atoms with Gasteiger partial charge in [-0.2, -0.15) is 5.10 Å². The first kappa shape index (κ1) is 13.3. The highest BCUT2D eigenvalue weighted by Gasteiger charge is 2.28. The third-order valence-electron chi connectivity index (χ3n) is 3.75. The fraction of sp³-hybridized carbons (Fsp3) is 0.500. The van der Waals surface area contributed by atoms with E-state index in [1.807, 2.05) is 36.6 Å². The molecule has 3 heterocycles. The summed E-state index contributed by atoms with van der Waals surface area (Å²) < 4.78 is 1.70. The van der Waals surface area contributed by atoms with Gasteiger partial charge in [-0.25, -0.2) is 4.98 Å². The van der Waals surface area contributed by atoms with Crippen molar-refractivity contribution in [3.63, 3.8) is 0 Å². The van der Waals surface area contributed by atoms with Crippen LogP contribution in [0.5, 0.6) is 0 Å². The lowest BCUT2D eigenvalue weighted by molar-refractivity contribution is 0.0706. The highest BCUT2D eigenvalue weighted by Crippen LogP contribution is 2.29. The summed E-state index contributed by atoms with van der Waals surface area (Å²) in [5.41, 5.74) is 1.51. The molecule has 3 rings (SSSR count). The molecule has 0 bridgehead atoms. The summed E-state index contributed by atoms with van der Waals surface area (Å²) in [5, 5.41) is 7.40. The van der Waals surface area contributed by atoms with E-state index in [0.29, 0.717) is 11.5 Å². The first-order chi connectivity index (χ1) is 9.65. The number of carbonyl (C=O) groups excluding carboxylic acids is 1. The number of rotatable bonds is 2. The van der Waals surface area contributed by atoms with Gasteiger partial charge in [0.2, 0.25) is 0 Å². The Kier molecular flexibility index (Phi) is 3.56. The molecule has 106 valence electrons. The van der Waals surface area contributed by atoms with Gasteiger partial charge in [-0.3, -0.25) is 9.48 Å². The Balaban J connectivity index is 1.77. The third-order valence-corrected chi connectivity index (χ3v) is 4.69. The van der Waals surface area contributed by atoms with Crippen molar-refractivity contribution in [2.75, 3.05) is 13.1 Å². The topological polar surface area (TPSA) is 51.0 Å². The maximum absolute atomic E-state index is 12.6. The summed E-state index contributed by atoms with van der Waals surface area (Å²) >= 11 is 1.68. The van der Waals surface area contributed by atoms with E-state index >= 15 is 0 Å². The molecule has 0 saturated carbocycles. The Morgan fingerprint density at radius 3 is 3.00 bits per heavy atom. The molecular formula is C14H18N4OS. The highest BCUT2D eigenvalue weighted by atomic mass is 32.1. The van der Waals surface area contributed by atoms with Crippen LogP contribution in [0, 0.1) is 6.92 Å². The van der Waals surface area contributed by atoms with Crippen molar-refractivity contribution in [3.05, 3.63) is 34.0 Å². The van der Waals surface area contributed by atoms with Gasteiger partial charge in [0.05, 0.1) is 16.3 Å². The average Bonchev–Trinajstić information content (AvgIpc) is 3.08. The van der Waals surface area contributed by atoms with E-state index in [9.17, 15) is 4.79 Å². The average molecular weight is 290 g/mol. The Hall–Kier alpha value is -1.69. The van der Waals surface area contributed by atoms with E-state index in [1.54, 1.807) is 16.0 Å². The molecule has 1 aliphatic heterocycles. The van der Waals surface area contributed by atoms with E-state index in [4.69, 9.17) is 0 Å². The van der Waals surface area contributed by atoms with Gasteiger partial charge in [0, 0.05) is 43.8 Å². The summed E-state index contributed by atoms with van der Waals surface area (Å²) in [7, 11) is 1.85. The van der Waals surface area contributed by atoms with Crippen LogP contribution in [-0.4, -0.2) is 38.7 Å². The van der Waals surface area contributed by atoms with Crippen molar-refractivity contribution in [3.8, 4) is 0 Å². The van der Waals surface area contributed by atoms with Crippen LogP contribution >= 0.6 is 11.3 Å². The Labute approximate surface area is 122 Å². The molecule has 1 unspecified atom stereocenters. The van der Waals surface area contributed by atoms with Crippen LogP contribution in [0.4, 0.5) is 0 Å². The second-order valence-corrected chi connectivity index (χ2v) is 6.19. The van der Waals surface area contributed by atoms with Crippen LogP contribution in [0.15, 0.2) is 17.8 Å². The molecule has 0 spiro atoms. The zero-order valence-electron chi connectivity index (χ0n) is 11.7. The summed E-state index contributed by atoms with van der Waals surface area (Å²) in [5.74, 6) is 0.474. The summed E-state index contributed by atoms with van der Waals surface area (Å²) in [6.07, 6.45) is 5.80. The number of hydrogen-bond donors (Lipinski definition) is 0. The number of hydrogen-bond acceptors (Lipinski definition) is 4. The van der Waals surface area contributed by atoms with Gasteiger partial charge in [0.1, 0.15) is 0 Å². The molecule has 0 N–H and O–H groups in total. The van der Waals surface area contributed by atoms with E-state index in [-0.39, 0.29) is 5.91 Å². The maximum atomic E-state index is 12.6. The second-order valence-electron chi connectivity index (χ2n) is 5.26. The Morgan fingerprint density at radius 1 is 1.50 bits per heavy atom. The van der Waals surface area contributed by atoms with Gasteiger partial charge in [-0.05, 0) is 19.8 Å². The van der Waals surface area contributed by atoms with Crippen LogP contribution in [0.3, 0.4) is 0 Å². The molecule has 1 fully saturated rings. The number of piperidine rings is 1. The number of likely N-dealkylation sites (tertiary alicyclic amines) is 1. The first-order valence-electron chi connectivity index (χ1n) is 6.84. The second kappa shape index (κ2) is 5.36. The predicted molar refractivity (Wildman–Crippen MR) is 77.9 cm³/mol. The van der Waals surface area contributed by atoms with Crippen molar-refractivity contribution in [1.82, 2.24) is 19.7 Å². The summed E-state index contributed by atoms with van der Waals surface area (Å²) in [6, 6.07) is 0. The van der Waals surface area contributed by atoms with E-state index in [2.05, 4.69) is 10.1 Å². The molecule has 1 atom stereocenters. The predicted octanol–water partition coefficient (Wildman–Crippen LogP) is 2.20.